The van der Waals surface area contributed by atoms with E-state index < -0.39 is 11.7 Å². The number of nitrogens with one attached hydrogen (secondary N) is 1. The number of alkyl halides is 3. The van der Waals surface area contributed by atoms with Gasteiger partial charge >= 0.3 is 6.18 Å². The number of pyridine rings is 1. The van der Waals surface area contributed by atoms with Crippen molar-refractivity contribution in [2.24, 2.45) is 5.73 Å². The maximum absolute atomic E-state index is 12.4. The van der Waals surface area contributed by atoms with Crippen LogP contribution in [0.5, 0.6) is 0 Å². The van der Waals surface area contributed by atoms with E-state index in [4.69, 9.17) is 5.73 Å². The van der Waals surface area contributed by atoms with Gasteiger partial charge in [0.05, 0.1) is 11.1 Å². The molecule has 1 aromatic rings. The van der Waals surface area contributed by atoms with E-state index in [0.29, 0.717) is 12.4 Å². The summed E-state index contributed by atoms with van der Waals surface area (Å²) >= 11 is 0. The van der Waals surface area contributed by atoms with Gasteiger partial charge in [0.1, 0.15) is 5.82 Å². The van der Waals surface area contributed by atoms with Crippen molar-refractivity contribution in [2.45, 2.75) is 43.8 Å². The lowest BCUT2D eigenvalue weighted by Gasteiger charge is -2.37. The summed E-state index contributed by atoms with van der Waals surface area (Å²) in [5, 5.41) is 3.22. The third kappa shape index (κ3) is 3.37. The van der Waals surface area contributed by atoms with E-state index in [0.717, 1.165) is 37.9 Å². The number of nitrogens with two attached hydrogens (primary N) is 1. The standard InChI is InChI=1S/C13H18F3N3/c14-13(15,16)10-4-5-11(18-8-10)19-12(9-17)6-2-1-3-7-12/h4-5,8H,1-3,6-7,9,17H2,(H,18,19). The summed E-state index contributed by atoms with van der Waals surface area (Å²) in [4.78, 5) is 3.85. The van der Waals surface area contributed by atoms with Gasteiger partial charge in [-0.2, -0.15) is 13.2 Å². The number of hydrogen-bond acceptors (Lipinski definition) is 3. The molecule has 0 radical (unpaired) electrons. The Hall–Kier alpha value is -1.30. The summed E-state index contributed by atoms with van der Waals surface area (Å²) in [5.74, 6) is 0.459. The summed E-state index contributed by atoms with van der Waals surface area (Å²) in [6, 6.07) is 2.41. The Morgan fingerprint density at radius 1 is 1.21 bits per heavy atom. The number of hydrogen-bond donors (Lipinski definition) is 2. The minimum Gasteiger partial charge on any atom is -0.363 e. The molecule has 0 saturated heterocycles. The van der Waals surface area contributed by atoms with Gasteiger partial charge in [0, 0.05) is 12.7 Å². The highest BCUT2D eigenvalue weighted by molar-refractivity contribution is 5.39. The van der Waals surface area contributed by atoms with Crippen molar-refractivity contribution in [1.29, 1.82) is 0 Å². The van der Waals surface area contributed by atoms with E-state index in [1.54, 1.807) is 0 Å². The van der Waals surface area contributed by atoms with Crippen LogP contribution in [0.2, 0.25) is 0 Å². The molecule has 106 valence electrons. The van der Waals surface area contributed by atoms with Gasteiger partial charge in [0.2, 0.25) is 0 Å². The van der Waals surface area contributed by atoms with Gasteiger partial charge in [0.15, 0.2) is 0 Å². The zero-order valence-corrected chi connectivity index (χ0v) is 10.6. The van der Waals surface area contributed by atoms with Crippen molar-refractivity contribution in [3.63, 3.8) is 0 Å². The quantitative estimate of drug-likeness (QED) is 0.889. The summed E-state index contributed by atoms with van der Waals surface area (Å²) < 4.78 is 37.3. The fourth-order valence-corrected chi connectivity index (χ4v) is 2.52. The molecule has 3 nitrogen and oxygen atoms in total. The van der Waals surface area contributed by atoms with Crippen LogP contribution in [0.25, 0.3) is 0 Å². The molecule has 1 aliphatic rings. The molecule has 3 N–H and O–H groups in total. The Balaban J connectivity index is 2.10. The average Bonchev–Trinajstić information content (AvgIpc) is 2.39. The molecular formula is C13H18F3N3. The van der Waals surface area contributed by atoms with E-state index >= 15 is 0 Å². The maximum atomic E-state index is 12.4. The van der Waals surface area contributed by atoms with Gasteiger partial charge in [-0.15, -0.1) is 0 Å². The fraction of sp³-hybridized carbons (Fsp3) is 0.615. The van der Waals surface area contributed by atoms with Crippen molar-refractivity contribution in [2.75, 3.05) is 11.9 Å². The first-order valence-electron chi connectivity index (χ1n) is 6.47. The molecule has 0 spiro atoms. The minimum atomic E-state index is -4.35. The van der Waals surface area contributed by atoms with Crippen LogP contribution in [-0.2, 0) is 6.18 Å². The summed E-state index contributed by atoms with van der Waals surface area (Å²) in [6.07, 6.45) is 1.75. The second-order valence-corrected chi connectivity index (χ2v) is 5.10. The van der Waals surface area contributed by atoms with E-state index in [1.807, 2.05) is 0 Å². The molecule has 2 rings (SSSR count). The van der Waals surface area contributed by atoms with Crippen LogP contribution >= 0.6 is 0 Å². The largest absolute Gasteiger partial charge is 0.417 e. The van der Waals surface area contributed by atoms with Crippen LogP contribution in [0.1, 0.15) is 37.7 Å². The average molecular weight is 273 g/mol. The smallest absolute Gasteiger partial charge is 0.363 e. The first-order valence-corrected chi connectivity index (χ1v) is 6.47. The van der Waals surface area contributed by atoms with Crippen LogP contribution in [-0.4, -0.2) is 17.1 Å². The monoisotopic (exact) mass is 273 g/mol. The van der Waals surface area contributed by atoms with Gasteiger partial charge in [-0.1, -0.05) is 19.3 Å². The Kier molecular flexibility index (Phi) is 3.99. The Bertz CT molecular complexity index is 408. The lowest BCUT2D eigenvalue weighted by Crippen LogP contribution is -2.47. The van der Waals surface area contributed by atoms with Crippen LogP contribution < -0.4 is 11.1 Å². The van der Waals surface area contributed by atoms with Crippen LogP contribution in [0, 0.1) is 0 Å². The molecule has 0 unspecified atom stereocenters. The van der Waals surface area contributed by atoms with E-state index in [9.17, 15) is 13.2 Å². The Labute approximate surface area is 110 Å². The molecule has 1 heterocycles. The number of nitrogens with zero attached hydrogens (tertiary/aromatic N) is 1. The molecule has 1 fully saturated rings. The predicted octanol–water partition coefficient (Wildman–Crippen LogP) is 3.17. The second-order valence-electron chi connectivity index (χ2n) is 5.10. The number of halogens is 3. The molecule has 0 amide bonds. The molecule has 0 bridgehead atoms. The third-order valence-corrected chi connectivity index (χ3v) is 3.69. The number of anilines is 1. The summed E-state index contributed by atoms with van der Waals surface area (Å²) in [7, 11) is 0. The van der Waals surface area contributed by atoms with E-state index in [1.165, 1.54) is 12.5 Å². The van der Waals surface area contributed by atoms with Gasteiger partial charge < -0.3 is 11.1 Å². The van der Waals surface area contributed by atoms with Crippen molar-refractivity contribution in [3.8, 4) is 0 Å². The molecule has 1 saturated carbocycles. The molecule has 0 aromatic carbocycles. The zero-order valence-electron chi connectivity index (χ0n) is 10.6. The second kappa shape index (κ2) is 5.36. The third-order valence-electron chi connectivity index (χ3n) is 3.69. The Morgan fingerprint density at radius 2 is 1.89 bits per heavy atom. The molecule has 0 atom stereocenters. The highest BCUT2D eigenvalue weighted by Gasteiger charge is 2.32. The molecule has 0 aliphatic heterocycles. The first kappa shape index (κ1) is 14.1. The fourth-order valence-electron chi connectivity index (χ4n) is 2.52. The molecule has 6 heteroatoms. The molecular weight excluding hydrogens is 255 g/mol. The molecule has 1 aromatic heterocycles. The summed E-state index contributed by atoms with van der Waals surface area (Å²) in [5.41, 5.74) is 4.86. The number of rotatable bonds is 3. The minimum absolute atomic E-state index is 0.217. The normalized spacial score (nSPS) is 19.2. The van der Waals surface area contributed by atoms with E-state index in [2.05, 4.69) is 10.3 Å². The van der Waals surface area contributed by atoms with E-state index in [-0.39, 0.29) is 5.54 Å². The van der Waals surface area contributed by atoms with Crippen LogP contribution in [0.4, 0.5) is 19.0 Å². The van der Waals surface area contributed by atoms with Gasteiger partial charge in [-0.05, 0) is 25.0 Å². The van der Waals surface area contributed by atoms with Gasteiger partial charge in [0.25, 0.3) is 0 Å². The van der Waals surface area contributed by atoms with Gasteiger partial charge in [-0.25, -0.2) is 4.98 Å². The van der Waals surface area contributed by atoms with Crippen LogP contribution in [0.15, 0.2) is 18.3 Å². The van der Waals surface area contributed by atoms with Gasteiger partial charge in [-0.3, -0.25) is 0 Å². The van der Waals surface area contributed by atoms with Crippen molar-refractivity contribution < 1.29 is 13.2 Å². The number of aromatic nitrogens is 1. The SMILES string of the molecule is NCC1(Nc2ccc(C(F)(F)F)cn2)CCCCC1. The predicted molar refractivity (Wildman–Crippen MR) is 67.7 cm³/mol. The zero-order chi connectivity index (χ0) is 13.9. The first-order chi connectivity index (χ1) is 8.95. The Morgan fingerprint density at radius 3 is 2.37 bits per heavy atom. The highest BCUT2D eigenvalue weighted by Crippen LogP contribution is 2.32. The van der Waals surface area contributed by atoms with Crippen molar-refractivity contribution in [1.82, 2.24) is 4.98 Å². The lowest BCUT2D eigenvalue weighted by molar-refractivity contribution is -0.137. The van der Waals surface area contributed by atoms with Crippen molar-refractivity contribution in [3.05, 3.63) is 23.9 Å². The highest BCUT2D eigenvalue weighted by atomic mass is 19.4. The summed E-state index contributed by atoms with van der Waals surface area (Å²) in [6.45, 7) is 0.468. The van der Waals surface area contributed by atoms with Crippen LogP contribution in [0.3, 0.4) is 0 Å². The molecule has 19 heavy (non-hydrogen) atoms. The van der Waals surface area contributed by atoms with Crippen molar-refractivity contribution >= 4 is 5.82 Å². The maximum Gasteiger partial charge on any atom is 0.417 e. The topological polar surface area (TPSA) is 50.9 Å². The molecule has 1 aliphatic carbocycles. The lowest BCUT2D eigenvalue weighted by atomic mass is 9.81.